The highest BCUT2D eigenvalue weighted by atomic mass is 16.6. The quantitative estimate of drug-likeness (QED) is 0.626. The van der Waals surface area contributed by atoms with E-state index in [-0.39, 0.29) is 12.3 Å². The van der Waals surface area contributed by atoms with Gasteiger partial charge >= 0.3 is 0 Å². The molecular weight excluding hydrogens is 206 g/mol. The smallest absolute Gasteiger partial charge is 0.273 e. The Morgan fingerprint density at radius 1 is 1.56 bits per heavy atom. The molecule has 1 aromatic carbocycles. The molecule has 0 heterocycles. The molecule has 0 saturated heterocycles. The van der Waals surface area contributed by atoms with Gasteiger partial charge in [0, 0.05) is 17.5 Å². The zero-order valence-corrected chi connectivity index (χ0v) is 9.14. The second kappa shape index (κ2) is 4.22. The van der Waals surface area contributed by atoms with Gasteiger partial charge in [-0.2, -0.15) is 0 Å². The molecule has 0 unspecified atom stereocenters. The fourth-order valence-electron chi connectivity index (χ4n) is 1.81. The Hall–Kier alpha value is -1.42. The Morgan fingerprint density at radius 2 is 2.25 bits per heavy atom. The summed E-state index contributed by atoms with van der Waals surface area (Å²) >= 11 is 0. The SMILES string of the molecule is C[C](CO)c1cc(C2CC2)ccc1[N+](=O)[O-]. The van der Waals surface area contributed by atoms with E-state index in [1.807, 2.05) is 12.1 Å². The third kappa shape index (κ3) is 2.07. The lowest BCUT2D eigenvalue weighted by Gasteiger charge is -2.10. The van der Waals surface area contributed by atoms with Gasteiger partial charge in [0.1, 0.15) is 0 Å². The molecule has 1 aromatic rings. The molecule has 0 aromatic heterocycles. The van der Waals surface area contributed by atoms with Gasteiger partial charge < -0.3 is 5.11 Å². The predicted molar refractivity (Wildman–Crippen MR) is 60.2 cm³/mol. The molecule has 0 amide bonds. The van der Waals surface area contributed by atoms with E-state index in [2.05, 4.69) is 0 Å². The number of rotatable bonds is 4. The van der Waals surface area contributed by atoms with Crippen LogP contribution >= 0.6 is 0 Å². The molecule has 4 nitrogen and oxygen atoms in total. The summed E-state index contributed by atoms with van der Waals surface area (Å²) in [6.07, 6.45) is 2.32. The van der Waals surface area contributed by atoms with Crippen molar-refractivity contribution >= 4 is 5.69 Å². The summed E-state index contributed by atoms with van der Waals surface area (Å²) in [6, 6.07) is 5.22. The minimum Gasteiger partial charge on any atom is -0.395 e. The average Bonchev–Trinajstić information content (AvgIpc) is 3.11. The van der Waals surface area contributed by atoms with Crippen LogP contribution in [0.25, 0.3) is 0 Å². The van der Waals surface area contributed by atoms with Crippen LogP contribution in [0, 0.1) is 16.0 Å². The van der Waals surface area contributed by atoms with E-state index in [4.69, 9.17) is 5.11 Å². The van der Waals surface area contributed by atoms with E-state index >= 15 is 0 Å². The summed E-state index contributed by atoms with van der Waals surface area (Å²) in [7, 11) is 0. The molecule has 16 heavy (non-hydrogen) atoms. The Kier molecular flexibility index (Phi) is 2.92. The fraction of sp³-hybridized carbons (Fsp3) is 0.417. The molecular formula is C12H14NO3. The van der Waals surface area contributed by atoms with Crippen LogP contribution in [0.3, 0.4) is 0 Å². The molecule has 4 heteroatoms. The summed E-state index contributed by atoms with van der Waals surface area (Å²) in [5.41, 5.74) is 1.79. The maximum atomic E-state index is 10.8. The Balaban J connectivity index is 2.41. The molecule has 1 radical (unpaired) electrons. The molecule has 0 aliphatic heterocycles. The van der Waals surface area contributed by atoms with Crippen LogP contribution in [0.1, 0.15) is 36.8 Å². The zero-order valence-electron chi connectivity index (χ0n) is 9.14. The number of benzene rings is 1. The van der Waals surface area contributed by atoms with Crippen molar-refractivity contribution in [3.63, 3.8) is 0 Å². The number of nitrogens with zero attached hydrogens (tertiary/aromatic N) is 1. The highest BCUT2D eigenvalue weighted by molar-refractivity contribution is 5.51. The minimum absolute atomic E-state index is 0.0796. The molecule has 0 spiro atoms. The number of nitro benzene ring substituents is 1. The average molecular weight is 220 g/mol. The standard InChI is InChI=1S/C12H14NO3/c1-8(7-14)11-6-10(9-2-3-9)4-5-12(11)13(15)16/h4-6,9,14H,2-3,7H2,1H3. The summed E-state index contributed by atoms with van der Waals surface area (Å²) in [6.45, 7) is 1.58. The first-order chi connectivity index (χ1) is 7.63. The van der Waals surface area contributed by atoms with Gasteiger partial charge in [-0.3, -0.25) is 10.1 Å². The number of hydrogen-bond donors (Lipinski definition) is 1. The Bertz CT molecular complexity index is 413. The van der Waals surface area contributed by atoms with Crippen LogP contribution in [0.15, 0.2) is 18.2 Å². The summed E-state index contributed by atoms with van der Waals surface area (Å²) in [4.78, 5) is 10.5. The van der Waals surface area contributed by atoms with Crippen molar-refractivity contribution in [2.45, 2.75) is 25.7 Å². The summed E-state index contributed by atoms with van der Waals surface area (Å²) in [5.74, 6) is 1.21. The summed E-state index contributed by atoms with van der Waals surface area (Å²) < 4.78 is 0. The molecule has 1 saturated carbocycles. The lowest BCUT2D eigenvalue weighted by Crippen LogP contribution is -2.05. The van der Waals surface area contributed by atoms with Crippen LogP contribution in [0.2, 0.25) is 0 Å². The maximum absolute atomic E-state index is 10.8. The van der Waals surface area contributed by atoms with Gasteiger partial charge in [-0.1, -0.05) is 13.0 Å². The van der Waals surface area contributed by atoms with Crippen molar-refractivity contribution < 1.29 is 10.0 Å². The van der Waals surface area contributed by atoms with Crippen molar-refractivity contribution in [2.75, 3.05) is 6.61 Å². The molecule has 2 rings (SSSR count). The van der Waals surface area contributed by atoms with Crippen molar-refractivity contribution in [1.29, 1.82) is 0 Å². The van der Waals surface area contributed by atoms with Crippen molar-refractivity contribution in [2.24, 2.45) is 0 Å². The van der Waals surface area contributed by atoms with Gasteiger partial charge in [-0.15, -0.1) is 0 Å². The first-order valence-electron chi connectivity index (χ1n) is 5.35. The number of nitro groups is 1. The van der Waals surface area contributed by atoms with E-state index in [1.54, 1.807) is 13.0 Å². The molecule has 0 bridgehead atoms. The molecule has 1 aliphatic carbocycles. The second-order valence-corrected chi connectivity index (χ2v) is 4.25. The van der Waals surface area contributed by atoms with Gasteiger partial charge in [-0.05, 0) is 30.4 Å². The largest absolute Gasteiger partial charge is 0.395 e. The monoisotopic (exact) mass is 220 g/mol. The van der Waals surface area contributed by atoms with Gasteiger partial charge in [-0.25, -0.2) is 0 Å². The topological polar surface area (TPSA) is 63.4 Å². The number of aliphatic hydroxyl groups is 1. The highest BCUT2D eigenvalue weighted by Gasteiger charge is 2.27. The summed E-state index contributed by atoms with van der Waals surface area (Å²) in [5, 5.41) is 19.9. The van der Waals surface area contributed by atoms with E-state index in [0.29, 0.717) is 17.4 Å². The molecule has 85 valence electrons. The van der Waals surface area contributed by atoms with Crippen LogP contribution in [0.4, 0.5) is 5.69 Å². The van der Waals surface area contributed by atoms with Gasteiger partial charge in [0.2, 0.25) is 0 Å². The first-order valence-corrected chi connectivity index (χ1v) is 5.35. The second-order valence-electron chi connectivity index (χ2n) is 4.25. The number of aliphatic hydroxyl groups excluding tert-OH is 1. The van der Waals surface area contributed by atoms with Crippen molar-refractivity contribution in [3.05, 3.63) is 45.4 Å². The number of hydrogen-bond acceptors (Lipinski definition) is 3. The minimum atomic E-state index is -0.398. The van der Waals surface area contributed by atoms with Crippen LogP contribution in [-0.2, 0) is 0 Å². The fourth-order valence-corrected chi connectivity index (χ4v) is 1.81. The third-order valence-corrected chi connectivity index (χ3v) is 2.96. The molecule has 1 fully saturated rings. The Morgan fingerprint density at radius 3 is 2.75 bits per heavy atom. The van der Waals surface area contributed by atoms with Crippen molar-refractivity contribution in [3.8, 4) is 0 Å². The maximum Gasteiger partial charge on any atom is 0.273 e. The van der Waals surface area contributed by atoms with Crippen molar-refractivity contribution in [1.82, 2.24) is 0 Å². The third-order valence-electron chi connectivity index (χ3n) is 2.96. The molecule has 0 atom stereocenters. The Labute approximate surface area is 94.1 Å². The van der Waals surface area contributed by atoms with Gasteiger partial charge in [0.15, 0.2) is 0 Å². The lowest BCUT2D eigenvalue weighted by molar-refractivity contribution is -0.385. The predicted octanol–water partition coefficient (Wildman–Crippen LogP) is 2.41. The first kappa shape index (κ1) is 11.1. The lowest BCUT2D eigenvalue weighted by atomic mass is 9.96. The van der Waals surface area contributed by atoms with Crippen LogP contribution in [0.5, 0.6) is 0 Å². The van der Waals surface area contributed by atoms with Crippen LogP contribution < -0.4 is 0 Å². The molecule has 1 aliphatic rings. The highest BCUT2D eigenvalue weighted by Crippen LogP contribution is 2.42. The van der Waals surface area contributed by atoms with Gasteiger partial charge in [0.25, 0.3) is 5.69 Å². The molecule has 1 N–H and O–H groups in total. The zero-order chi connectivity index (χ0) is 11.7. The van der Waals surface area contributed by atoms with Gasteiger partial charge in [0.05, 0.1) is 11.5 Å². The van der Waals surface area contributed by atoms with E-state index < -0.39 is 4.92 Å². The van der Waals surface area contributed by atoms with E-state index in [0.717, 1.165) is 18.4 Å². The van der Waals surface area contributed by atoms with E-state index in [1.165, 1.54) is 0 Å². The normalized spacial score (nSPS) is 15.4. The van der Waals surface area contributed by atoms with E-state index in [9.17, 15) is 10.1 Å². The van der Waals surface area contributed by atoms with Crippen LogP contribution in [-0.4, -0.2) is 16.6 Å².